The van der Waals surface area contributed by atoms with E-state index in [1.807, 2.05) is 0 Å². The van der Waals surface area contributed by atoms with Crippen molar-refractivity contribution in [2.75, 3.05) is 20.6 Å². The maximum absolute atomic E-state index is 13.5. The van der Waals surface area contributed by atoms with Gasteiger partial charge in [-0.3, -0.25) is 4.79 Å². The molecule has 2 fully saturated rings. The lowest BCUT2D eigenvalue weighted by Crippen LogP contribution is -2.52. The van der Waals surface area contributed by atoms with Gasteiger partial charge in [-0.15, -0.1) is 0 Å². The van der Waals surface area contributed by atoms with E-state index in [0.29, 0.717) is 30.0 Å². The van der Waals surface area contributed by atoms with Crippen molar-refractivity contribution in [3.8, 4) is 0 Å². The van der Waals surface area contributed by atoms with E-state index in [-0.39, 0.29) is 5.92 Å². The van der Waals surface area contributed by atoms with E-state index in [2.05, 4.69) is 66.7 Å². The Morgan fingerprint density at radius 1 is 1.17 bits per heavy atom. The van der Waals surface area contributed by atoms with Crippen LogP contribution < -0.4 is 0 Å². The fourth-order valence-corrected chi connectivity index (χ4v) is 6.62. The van der Waals surface area contributed by atoms with Gasteiger partial charge in [-0.25, -0.2) is 0 Å². The molecule has 1 saturated carbocycles. The molecule has 2 aromatic rings. The van der Waals surface area contributed by atoms with Gasteiger partial charge in [0.05, 0.1) is 5.92 Å². The number of benzene rings is 1. The molecule has 30 heavy (non-hydrogen) atoms. The van der Waals surface area contributed by atoms with Crippen LogP contribution in [0.2, 0.25) is 0 Å². The molecule has 1 aromatic carbocycles. The maximum atomic E-state index is 13.5. The highest BCUT2D eigenvalue weighted by molar-refractivity contribution is 5.89. The third-order valence-electron chi connectivity index (χ3n) is 8.25. The number of hydrogen-bond donors (Lipinski definition) is 0. The van der Waals surface area contributed by atoms with Crippen LogP contribution in [-0.2, 0) is 11.2 Å². The van der Waals surface area contributed by atoms with Crippen molar-refractivity contribution in [1.29, 1.82) is 0 Å². The zero-order valence-electron chi connectivity index (χ0n) is 19.1. The number of likely N-dealkylation sites (N-methyl/N-ethyl adjacent to an activating group) is 1. The molecule has 3 unspecified atom stereocenters. The van der Waals surface area contributed by atoms with Crippen LogP contribution in [0, 0.1) is 5.92 Å². The first-order chi connectivity index (χ1) is 14.5. The van der Waals surface area contributed by atoms with Crippen molar-refractivity contribution in [2.24, 2.45) is 5.92 Å². The van der Waals surface area contributed by atoms with Crippen LogP contribution in [0.4, 0.5) is 0 Å². The minimum absolute atomic E-state index is 0.118. The Morgan fingerprint density at radius 2 is 1.93 bits per heavy atom. The molecule has 0 N–H and O–H groups in total. The molecule has 1 aliphatic heterocycles. The number of fused-ring (bicyclic) bond motifs is 2. The van der Waals surface area contributed by atoms with Crippen LogP contribution in [0.3, 0.4) is 0 Å². The molecular formula is C26H37N3O. The minimum atomic E-state index is 0.118. The summed E-state index contributed by atoms with van der Waals surface area (Å²) in [6, 6.07) is 8.26. The van der Waals surface area contributed by atoms with Crippen LogP contribution >= 0.6 is 0 Å². The summed E-state index contributed by atoms with van der Waals surface area (Å²) < 4.78 is 2.44. The Kier molecular flexibility index (Phi) is 5.17. The van der Waals surface area contributed by atoms with E-state index in [4.69, 9.17) is 0 Å². The molecule has 0 radical (unpaired) electrons. The first kappa shape index (κ1) is 20.1. The molecule has 4 heteroatoms. The van der Waals surface area contributed by atoms with Crippen molar-refractivity contribution in [2.45, 2.75) is 82.8 Å². The summed E-state index contributed by atoms with van der Waals surface area (Å²) in [5, 5.41) is 1.47. The second-order valence-corrected chi connectivity index (χ2v) is 10.4. The Labute approximate surface area is 181 Å². The average molecular weight is 408 g/mol. The Bertz CT molecular complexity index is 939. The number of amides is 1. The number of nitrogens with zero attached hydrogens (tertiary/aromatic N) is 3. The van der Waals surface area contributed by atoms with Crippen LogP contribution in [0.1, 0.15) is 75.5 Å². The van der Waals surface area contributed by atoms with Gasteiger partial charge in [0, 0.05) is 54.7 Å². The highest BCUT2D eigenvalue weighted by Gasteiger charge is 2.43. The fourth-order valence-electron chi connectivity index (χ4n) is 6.62. The van der Waals surface area contributed by atoms with Gasteiger partial charge in [-0.05, 0) is 63.8 Å². The highest BCUT2D eigenvalue weighted by atomic mass is 16.2. The molecule has 3 aliphatic rings. The largest absolute Gasteiger partial charge is 0.345 e. The standard InChI is InChI=1S/C26H37N3O/c1-17(2)29-16-18-14-24-22(21-11-8-12-23(29)25(18)21)13-19(15-27(24)3)26(30)28(4)20-9-6-5-7-10-20/h8,11-12,16-17,19-20,22,24H,5-7,9-10,13-15H2,1-4H3. The van der Waals surface area contributed by atoms with Crippen molar-refractivity contribution < 1.29 is 4.79 Å². The van der Waals surface area contributed by atoms with Gasteiger partial charge in [-0.2, -0.15) is 0 Å². The second kappa shape index (κ2) is 7.71. The summed E-state index contributed by atoms with van der Waals surface area (Å²) in [6.07, 6.45) is 10.7. The molecule has 1 saturated heterocycles. The number of likely N-dealkylation sites (tertiary alicyclic amines) is 1. The first-order valence-electron chi connectivity index (χ1n) is 12.0. The summed E-state index contributed by atoms with van der Waals surface area (Å²) in [4.78, 5) is 18.1. The second-order valence-electron chi connectivity index (χ2n) is 10.4. The Balaban J connectivity index is 1.45. The number of aromatic nitrogens is 1. The summed E-state index contributed by atoms with van der Waals surface area (Å²) in [7, 11) is 4.30. The third kappa shape index (κ3) is 3.19. The molecule has 1 aromatic heterocycles. The normalized spacial score (nSPS) is 27.4. The van der Waals surface area contributed by atoms with E-state index in [1.165, 1.54) is 54.1 Å². The number of hydrogen-bond acceptors (Lipinski definition) is 2. The van der Waals surface area contributed by atoms with Crippen LogP contribution in [0.25, 0.3) is 10.9 Å². The maximum Gasteiger partial charge on any atom is 0.226 e. The molecule has 2 heterocycles. The van der Waals surface area contributed by atoms with Gasteiger partial charge < -0.3 is 14.4 Å². The molecule has 162 valence electrons. The van der Waals surface area contributed by atoms with Gasteiger partial charge >= 0.3 is 0 Å². The van der Waals surface area contributed by atoms with Gasteiger partial charge in [0.25, 0.3) is 0 Å². The van der Waals surface area contributed by atoms with Crippen molar-refractivity contribution in [3.63, 3.8) is 0 Å². The topological polar surface area (TPSA) is 28.5 Å². The molecule has 2 aliphatic carbocycles. The van der Waals surface area contributed by atoms with Gasteiger partial charge in [0.15, 0.2) is 0 Å². The van der Waals surface area contributed by atoms with E-state index < -0.39 is 0 Å². The molecule has 0 spiro atoms. The molecule has 5 rings (SSSR count). The lowest BCUT2D eigenvalue weighted by Gasteiger charge is -2.46. The number of carbonyl (C=O) groups excluding carboxylic acids is 1. The van der Waals surface area contributed by atoms with E-state index in [9.17, 15) is 4.79 Å². The van der Waals surface area contributed by atoms with Crippen molar-refractivity contribution in [1.82, 2.24) is 14.4 Å². The lowest BCUT2D eigenvalue weighted by atomic mass is 9.72. The number of piperidine rings is 1. The van der Waals surface area contributed by atoms with Crippen LogP contribution in [0.15, 0.2) is 24.4 Å². The molecular weight excluding hydrogens is 370 g/mol. The number of carbonyl (C=O) groups is 1. The third-order valence-corrected chi connectivity index (χ3v) is 8.25. The van der Waals surface area contributed by atoms with Crippen LogP contribution in [-0.4, -0.2) is 53.0 Å². The molecule has 4 nitrogen and oxygen atoms in total. The smallest absolute Gasteiger partial charge is 0.226 e. The van der Waals surface area contributed by atoms with Gasteiger partial charge in [-0.1, -0.05) is 31.4 Å². The quantitative estimate of drug-likeness (QED) is 0.718. The van der Waals surface area contributed by atoms with Gasteiger partial charge in [0.2, 0.25) is 5.91 Å². The summed E-state index contributed by atoms with van der Waals surface area (Å²) >= 11 is 0. The van der Waals surface area contributed by atoms with Crippen molar-refractivity contribution in [3.05, 3.63) is 35.5 Å². The zero-order chi connectivity index (χ0) is 21.0. The first-order valence-corrected chi connectivity index (χ1v) is 12.0. The minimum Gasteiger partial charge on any atom is -0.345 e. The average Bonchev–Trinajstić information content (AvgIpc) is 3.14. The predicted octanol–water partition coefficient (Wildman–Crippen LogP) is 4.97. The SMILES string of the molecule is CC(C)n1cc2c3c(cccc31)C1CC(C(=O)N(C)C3CCCCC3)CN(C)C1C2. The highest BCUT2D eigenvalue weighted by Crippen LogP contribution is 2.45. The Morgan fingerprint density at radius 3 is 2.67 bits per heavy atom. The summed E-state index contributed by atoms with van der Waals surface area (Å²) in [5.74, 6) is 0.953. The lowest BCUT2D eigenvalue weighted by molar-refractivity contribution is -0.139. The summed E-state index contributed by atoms with van der Waals surface area (Å²) in [5.41, 5.74) is 4.33. The monoisotopic (exact) mass is 407 g/mol. The molecule has 3 atom stereocenters. The van der Waals surface area contributed by atoms with Crippen LogP contribution in [0.5, 0.6) is 0 Å². The van der Waals surface area contributed by atoms with Crippen molar-refractivity contribution >= 4 is 16.8 Å². The Hall–Kier alpha value is -1.81. The summed E-state index contributed by atoms with van der Waals surface area (Å²) in [6.45, 7) is 5.43. The van der Waals surface area contributed by atoms with E-state index >= 15 is 0 Å². The zero-order valence-corrected chi connectivity index (χ0v) is 19.1. The predicted molar refractivity (Wildman–Crippen MR) is 123 cm³/mol. The fraction of sp³-hybridized carbons (Fsp3) is 0.654. The van der Waals surface area contributed by atoms with E-state index in [0.717, 1.165) is 19.4 Å². The molecule has 0 bridgehead atoms. The van der Waals surface area contributed by atoms with Gasteiger partial charge in [0.1, 0.15) is 0 Å². The molecule has 1 amide bonds. The number of rotatable bonds is 3. The van der Waals surface area contributed by atoms with E-state index in [1.54, 1.807) is 0 Å².